The molecule has 9 nitrogen and oxygen atoms in total. The number of rotatable bonds is 10. The Morgan fingerprint density at radius 2 is 2.11 bits per heavy atom. The van der Waals surface area contributed by atoms with E-state index >= 15 is 0 Å². The number of hydrogen-bond acceptors (Lipinski definition) is 4. The number of amides is 1. The summed E-state index contributed by atoms with van der Waals surface area (Å²) in [7, 11) is -1.61. The smallest absolute Gasteiger partial charge is 0.303 e. The highest BCUT2D eigenvalue weighted by molar-refractivity contribution is 7.83. The van der Waals surface area contributed by atoms with E-state index in [9.17, 15) is 13.8 Å². The fourth-order valence-corrected chi connectivity index (χ4v) is 5.98. The number of nitrogens with zero attached hydrogens (tertiary/aromatic N) is 2. The SMILES string of the molecule is C[C@@H]1CCN(C(=O)C(CCn2cccc2N)NS(=O)c2cccc3[nH]ccc23)C[C@@H]1CCC(=O)O. The van der Waals surface area contributed by atoms with Crippen molar-refractivity contribution in [3.63, 3.8) is 0 Å². The summed E-state index contributed by atoms with van der Waals surface area (Å²) in [5, 5.41) is 9.95. The van der Waals surface area contributed by atoms with Crippen LogP contribution in [0.2, 0.25) is 0 Å². The number of carboxylic acids is 1. The molecule has 0 spiro atoms. The molecule has 1 aliphatic rings. The Labute approximate surface area is 207 Å². The van der Waals surface area contributed by atoms with E-state index in [4.69, 9.17) is 10.8 Å². The number of aliphatic carboxylic acids is 1. The molecular weight excluding hydrogens is 466 g/mol. The molecule has 5 N–H and O–H groups in total. The van der Waals surface area contributed by atoms with Crippen molar-refractivity contribution in [3.05, 3.63) is 48.8 Å². The number of hydrogen-bond donors (Lipinski definition) is 4. The highest BCUT2D eigenvalue weighted by Crippen LogP contribution is 2.28. The number of aromatic amines is 1. The zero-order valence-corrected chi connectivity index (χ0v) is 20.7. The third-order valence-electron chi connectivity index (χ3n) is 6.98. The normalized spacial score (nSPS) is 20.1. The first kappa shape index (κ1) is 25.0. The predicted molar refractivity (Wildman–Crippen MR) is 136 cm³/mol. The van der Waals surface area contributed by atoms with Crippen molar-refractivity contribution in [2.45, 2.75) is 50.1 Å². The topological polar surface area (TPSA) is 133 Å². The number of carbonyl (C=O) groups is 2. The molecular formula is C25H33N5O4S. The number of nitrogens with two attached hydrogens (primary N) is 1. The Kier molecular flexibility index (Phi) is 7.92. The van der Waals surface area contributed by atoms with Crippen molar-refractivity contribution >= 4 is 39.6 Å². The van der Waals surface area contributed by atoms with Gasteiger partial charge in [-0.2, -0.15) is 0 Å². The standard InChI is InChI=1S/C25H33N5O4S/c1-17-10-14-30(16-18(17)7-8-24(31)32)25(33)21(11-15-29-13-3-6-23(29)26)28-35(34)22-5-2-4-20-19(22)9-12-27-20/h2-6,9,12-13,17-18,21,27-28H,7-8,10-11,14-16,26H2,1H3,(H,31,32)/t17-,18+,21?,35?/m1/s1. The van der Waals surface area contributed by atoms with Crippen molar-refractivity contribution in [1.29, 1.82) is 0 Å². The minimum absolute atomic E-state index is 0.0936. The lowest BCUT2D eigenvalue weighted by Crippen LogP contribution is -2.52. The van der Waals surface area contributed by atoms with Gasteiger partial charge in [-0.1, -0.05) is 13.0 Å². The molecule has 4 rings (SSSR count). The van der Waals surface area contributed by atoms with E-state index in [1.807, 2.05) is 35.0 Å². The second-order valence-corrected chi connectivity index (χ2v) is 10.5. The maximum atomic E-state index is 13.7. The van der Waals surface area contributed by atoms with E-state index in [-0.39, 0.29) is 18.2 Å². The second-order valence-electron chi connectivity index (χ2n) is 9.29. The molecule has 2 aromatic heterocycles. The molecule has 1 aromatic carbocycles. The van der Waals surface area contributed by atoms with Gasteiger partial charge in [-0.15, -0.1) is 0 Å². The highest BCUT2D eigenvalue weighted by Gasteiger charge is 2.33. The number of carboxylic acid groups (broad SMARTS) is 1. The minimum atomic E-state index is -1.61. The summed E-state index contributed by atoms with van der Waals surface area (Å²) in [6.07, 6.45) is 5.53. The molecule has 0 aliphatic carbocycles. The first-order valence-corrected chi connectivity index (χ1v) is 13.1. The molecule has 1 saturated heterocycles. The number of aromatic nitrogens is 2. The predicted octanol–water partition coefficient (Wildman–Crippen LogP) is 2.97. The lowest BCUT2D eigenvalue weighted by atomic mass is 9.83. The molecule has 35 heavy (non-hydrogen) atoms. The Morgan fingerprint density at radius 3 is 2.86 bits per heavy atom. The van der Waals surface area contributed by atoms with E-state index in [0.717, 1.165) is 17.3 Å². The summed E-state index contributed by atoms with van der Waals surface area (Å²) in [5.74, 6) is 0.153. The summed E-state index contributed by atoms with van der Waals surface area (Å²) in [5.41, 5.74) is 6.90. The summed E-state index contributed by atoms with van der Waals surface area (Å²) >= 11 is 0. The van der Waals surface area contributed by atoms with Crippen molar-refractivity contribution in [2.75, 3.05) is 18.8 Å². The van der Waals surface area contributed by atoms with E-state index < -0.39 is 23.0 Å². The number of anilines is 1. The molecule has 3 heterocycles. The lowest BCUT2D eigenvalue weighted by Gasteiger charge is -2.38. The van der Waals surface area contributed by atoms with Crippen molar-refractivity contribution in [2.24, 2.45) is 11.8 Å². The van der Waals surface area contributed by atoms with Gasteiger partial charge in [0.2, 0.25) is 5.91 Å². The van der Waals surface area contributed by atoms with E-state index in [0.29, 0.717) is 49.1 Å². The summed E-state index contributed by atoms with van der Waals surface area (Å²) in [6.45, 7) is 3.73. The average molecular weight is 500 g/mol. The van der Waals surface area contributed by atoms with Crippen LogP contribution >= 0.6 is 0 Å². The van der Waals surface area contributed by atoms with Gasteiger partial charge in [-0.25, -0.2) is 8.93 Å². The largest absolute Gasteiger partial charge is 0.481 e. The molecule has 1 amide bonds. The average Bonchev–Trinajstić information content (AvgIpc) is 3.49. The molecule has 2 unspecified atom stereocenters. The molecule has 4 atom stereocenters. The van der Waals surface area contributed by atoms with Crippen LogP contribution in [0.15, 0.2) is 53.7 Å². The third kappa shape index (κ3) is 5.94. The van der Waals surface area contributed by atoms with E-state index in [2.05, 4.69) is 16.6 Å². The molecule has 1 aliphatic heterocycles. The fraction of sp³-hybridized carbons (Fsp3) is 0.440. The molecule has 0 saturated carbocycles. The van der Waals surface area contributed by atoms with E-state index in [1.54, 1.807) is 23.2 Å². The number of piperidine rings is 1. The van der Waals surface area contributed by atoms with Gasteiger partial charge < -0.3 is 25.3 Å². The van der Waals surface area contributed by atoms with Gasteiger partial charge >= 0.3 is 5.97 Å². The lowest BCUT2D eigenvalue weighted by molar-refractivity contribution is -0.138. The Morgan fingerprint density at radius 1 is 1.29 bits per heavy atom. The zero-order chi connectivity index (χ0) is 24.9. The number of carbonyl (C=O) groups excluding carboxylic acids is 1. The first-order valence-electron chi connectivity index (χ1n) is 12.0. The van der Waals surface area contributed by atoms with Gasteiger partial charge in [0.1, 0.15) is 22.8 Å². The number of H-pyrrole nitrogens is 1. The molecule has 0 radical (unpaired) electrons. The van der Waals surface area contributed by atoms with Crippen LogP contribution in [0.4, 0.5) is 5.82 Å². The molecule has 0 bridgehead atoms. The number of nitrogens with one attached hydrogen (secondary N) is 2. The molecule has 1 fully saturated rings. The summed E-state index contributed by atoms with van der Waals surface area (Å²) in [4.78, 5) is 30.3. The quantitative estimate of drug-likeness (QED) is 0.340. The summed E-state index contributed by atoms with van der Waals surface area (Å²) < 4.78 is 18.4. The first-order chi connectivity index (χ1) is 16.8. The van der Waals surface area contributed by atoms with Gasteiger partial charge in [-0.05, 0) is 61.4 Å². The Balaban J connectivity index is 1.52. The highest BCUT2D eigenvalue weighted by atomic mass is 32.2. The fourth-order valence-electron chi connectivity index (χ4n) is 4.80. The van der Waals surface area contributed by atoms with Gasteiger partial charge in [0.15, 0.2) is 0 Å². The van der Waals surface area contributed by atoms with Crippen molar-refractivity contribution in [1.82, 2.24) is 19.2 Å². The van der Waals surface area contributed by atoms with Crippen LogP contribution in [0, 0.1) is 11.8 Å². The minimum Gasteiger partial charge on any atom is -0.481 e. The van der Waals surface area contributed by atoms with Crippen LogP contribution in [-0.2, 0) is 27.1 Å². The number of fused-ring (bicyclic) bond motifs is 1. The number of aryl methyl sites for hydroxylation is 1. The number of benzene rings is 1. The maximum absolute atomic E-state index is 13.7. The molecule has 10 heteroatoms. The van der Waals surface area contributed by atoms with Crippen LogP contribution in [-0.4, -0.2) is 54.8 Å². The summed E-state index contributed by atoms with van der Waals surface area (Å²) in [6, 6.07) is 10.4. The van der Waals surface area contributed by atoms with Crippen LogP contribution in [0.25, 0.3) is 10.9 Å². The molecule has 188 valence electrons. The van der Waals surface area contributed by atoms with Gasteiger partial charge in [-0.3, -0.25) is 9.59 Å². The van der Waals surface area contributed by atoms with Crippen LogP contribution in [0.3, 0.4) is 0 Å². The van der Waals surface area contributed by atoms with Gasteiger partial charge in [0.25, 0.3) is 0 Å². The Hall–Kier alpha value is -3.11. The number of nitrogen functional groups attached to an aromatic ring is 1. The zero-order valence-electron chi connectivity index (χ0n) is 19.9. The van der Waals surface area contributed by atoms with Crippen LogP contribution in [0.5, 0.6) is 0 Å². The number of likely N-dealkylation sites (tertiary alicyclic amines) is 1. The van der Waals surface area contributed by atoms with Crippen molar-refractivity contribution < 1.29 is 18.9 Å². The third-order valence-corrected chi connectivity index (χ3v) is 8.23. The monoisotopic (exact) mass is 499 g/mol. The second kappa shape index (κ2) is 11.1. The van der Waals surface area contributed by atoms with Crippen LogP contribution in [0.1, 0.15) is 32.6 Å². The van der Waals surface area contributed by atoms with Gasteiger partial charge in [0.05, 0.1) is 4.90 Å². The van der Waals surface area contributed by atoms with E-state index in [1.165, 1.54) is 0 Å². The van der Waals surface area contributed by atoms with Crippen molar-refractivity contribution in [3.8, 4) is 0 Å². The Bertz CT molecular complexity index is 1210. The maximum Gasteiger partial charge on any atom is 0.303 e. The van der Waals surface area contributed by atoms with Gasteiger partial charge in [0, 0.05) is 49.4 Å². The van der Waals surface area contributed by atoms with Crippen LogP contribution < -0.4 is 10.5 Å². The molecule has 3 aromatic rings.